The van der Waals surface area contributed by atoms with Gasteiger partial charge in [-0.3, -0.25) is 4.79 Å². The van der Waals surface area contributed by atoms with E-state index in [1.165, 1.54) is 0 Å². The van der Waals surface area contributed by atoms with Crippen LogP contribution in [0.4, 0.5) is 0 Å². The van der Waals surface area contributed by atoms with Crippen LogP contribution in [0.25, 0.3) is 0 Å². The SMILES string of the molecule is CC1CC(C)(C)OC(=O)C1C. The van der Waals surface area contributed by atoms with Crippen LogP contribution in [-0.2, 0) is 9.53 Å². The van der Waals surface area contributed by atoms with Gasteiger partial charge in [-0.25, -0.2) is 0 Å². The maximum absolute atomic E-state index is 11.2. The molecule has 11 heavy (non-hydrogen) atoms. The van der Waals surface area contributed by atoms with Crippen molar-refractivity contribution in [2.24, 2.45) is 11.8 Å². The Bertz CT molecular complexity index is 172. The number of carbonyl (C=O) groups is 1. The van der Waals surface area contributed by atoms with Gasteiger partial charge < -0.3 is 4.74 Å². The summed E-state index contributed by atoms with van der Waals surface area (Å²) in [5.74, 6) is 0.475. The summed E-state index contributed by atoms with van der Waals surface area (Å²) in [4.78, 5) is 11.2. The minimum absolute atomic E-state index is 0.0475. The van der Waals surface area contributed by atoms with E-state index in [0.717, 1.165) is 6.42 Å². The van der Waals surface area contributed by atoms with E-state index in [-0.39, 0.29) is 17.5 Å². The molecule has 1 fully saturated rings. The van der Waals surface area contributed by atoms with Gasteiger partial charge in [0.25, 0.3) is 0 Å². The molecule has 1 aliphatic heterocycles. The van der Waals surface area contributed by atoms with Crippen molar-refractivity contribution >= 4 is 5.97 Å². The van der Waals surface area contributed by atoms with Crippen molar-refractivity contribution in [1.29, 1.82) is 0 Å². The lowest BCUT2D eigenvalue weighted by Gasteiger charge is -2.36. The first-order valence-corrected chi connectivity index (χ1v) is 4.15. The van der Waals surface area contributed by atoms with Gasteiger partial charge in [-0.2, -0.15) is 0 Å². The molecule has 0 amide bonds. The fourth-order valence-electron chi connectivity index (χ4n) is 1.59. The second kappa shape index (κ2) is 2.50. The monoisotopic (exact) mass is 156 g/mol. The van der Waals surface area contributed by atoms with Gasteiger partial charge in [-0.1, -0.05) is 13.8 Å². The molecule has 0 bridgehead atoms. The molecule has 2 atom stereocenters. The second-order valence-corrected chi connectivity index (χ2v) is 4.15. The molecule has 1 saturated heterocycles. The van der Waals surface area contributed by atoms with Crippen LogP contribution in [0.5, 0.6) is 0 Å². The predicted octanol–water partition coefficient (Wildman–Crippen LogP) is 1.98. The average molecular weight is 156 g/mol. The van der Waals surface area contributed by atoms with E-state index in [1.807, 2.05) is 20.8 Å². The summed E-state index contributed by atoms with van der Waals surface area (Å²) in [7, 11) is 0. The number of carbonyl (C=O) groups excluding carboxylic acids is 1. The third-order valence-electron chi connectivity index (χ3n) is 2.42. The van der Waals surface area contributed by atoms with Gasteiger partial charge in [0.05, 0.1) is 5.92 Å². The van der Waals surface area contributed by atoms with Gasteiger partial charge >= 0.3 is 5.97 Å². The Morgan fingerprint density at radius 1 is 1.45 bits per heavy atom. The summed E-state index contributed by atoms with van der Waals surface area (Å²) in [6.45, 7) is 7.97. The lowest BCUT2D eigenvalue weighted by Crippen LogP contribution is -2.41. The molecule has 0 aliphatic carbocycles. The van der Waals surface area contributed by atoms with Gasteiger partial charge in [0.2, 0.25) is 0 Å². The molecule has 0 N–H and O–H groups in total. The van der Waals surface area contributed by atoms with Crippen molar-refractivity contribution in [3.8, 4) is 0 Å². The highest BCUT2D eigenvalue weighted by atomic mass is 16.6. The normalized spacial score (nSPS) is 36.5. The summed E-state index contributed by atoms with van der Waals surface area (Å²) in [6, 6.07) is 0. The molecule has 0 aromatic rings. The van der Waals surface area contributed by atoms with Gasteiger partial charge in [-0.05, 0) is 26.2 Å². The zero-order valence-electron chi connectivity index (χ0n) is 7.68. The van der Waals surface area contributed by atoms with Crippen LogP contribution >= 0.6 is 0 Å². The predicted molar refractivity (Wildman–Crippen MR) is 43.1 cm³/mol. The van der Waals surface area contributed by atoms with Crippen LogP contribution in [0.2, 0.25) is 0 Å². The van der Waals surface area contributed by atoms with E-state index in [4.69, 9.17) is 4.74 Å². The Morgan fingerprint density at radius 2 is 2.00 bits per heavy atom. The molecule has 1 aliphatic rings. The Kier molecular flexibility index (Phi) is 1.95. The van der Waals surface area contributed by atoms with Crippen molar-refractivity contribution < 1.29 is 9.53 Å². The third kappa shape index (κ3) is 1.73. The van der Waals surface area contributed by atoms with Crippen LogP contribution in [0.3, 0.4) is 0 Å². The minimum Gasteiger partial charge on any atom is -0.459 e. The maximum atomic E-state index is 11.2. The molecule has 0 aromatic carbocycles. The molecule has 2 nitrogen and oxygen atoms in total. The van der Waals surface area contributed by atoms with E-state index in [9.17, 15) is 4.79 Å². The molecule has 0 spiro atoms. The van der Waals surface area contributed by atoms with Gasteiger partial charge in [0, 0.05) is 0 Å². The summed E-state index contributed by atoms with van der Waals surface area (Å²) < 4.78 is 5.22. The molecule has 2 unspecified atom stereocenters. The molecule has 1 heterocycles. The van der Waals surface area contributed by atoms with Crippen LogP contribution < -0.4 is 0 Å². The van der Waals surface area contributed by atoms with Gasteiger partial charge in [0.1, 0.15) is 5.60 Å². The highest BCUT2D eigenvalue weighted by Crippen LogP contribution is 2.32. The Labute approximate surface area is 67.9 Å². The summed E-state index contributed by atoms with van der Waals surface area (Å²) >= 11 is 0. The topological polar surface area (TPSA) is 26.3 Å². The Morgan fingerprint density at radius 3 is 2.45 bits per heavy atom. The maximum Gasteiger partial charge on any atom is 0.309 e. The number of ether oxygens (including phenoxy) is 1. The second-order valence-electron chi connectivity index (χ2n) is 4.15. The number of hydrogen-bond donors (Lipinski definition) is 0. The van der Waals surface area contributed by atoms with E-state index < -0.39 is 0 Å². The third-order valence-corrected chi connectivity index (χ3v) is 2.42. The molecule has 0 aromatic heterocycles. The molecule has 64 valence electrons. The van der Waals surface area contributed by atoms with Crippen molar-refractivity contribution in [3.63, 3.8) is 0 Å². The highest BCUT2D eigenvalue weighted by Gasteiger charge is 2.37. The highest BCUT2D eigenvalue weighted by molar-refractivity contribution is 5.73. The van der Waals surface area contributed by atoms with Crippen molar-refractivity contribution in [2.75, 3.05) is 0 Å². The molecular weight excluding hydrogens is 140 g/mol. The van der Waals surface area contributed by atoms with Crippen LogP contribution in [0.1, 0.15) is 34.1 Å². The van der Waals surface area contributed by atoms with Crippen molar-refractivity contribution in [1.82, 2.24) is 0 Å². The zero-order valence-corrected chi connectivity index (χ0v) is 7.68. The fourth-order valence-corrected chi connectivity index (χ4v) is 1.59. The fraction of sp³-hybridized carbons (Fsp3) is 0.889. The van der Waals surface area contributed by atoms with E-state index in [1.54, 1.807) is 0 Å². The van der Waals surface area contributed by atoms with Crippen molar-refractivity contribution in [3.05, 3.63) is 0 Å². The summed E-state index contributed by atoms with van der Waals surface area (Å²) in [5.41, 5.74) is -0.247. The lowest BCUT2D eigenvalue weighted by atomic mass is 9.83. The molecule has 0 saturated carbocycles. The number of esters is 1. The van der Waals surface area contributed by atoms with Crippen molar-refractivity contribution in [2.45, 2.75) is 39.7 Å². The first-order valence-electron chi connectivity index (χ1n) is 4.15. The van der Waals surface area contributed by atoms with Crippen LogP contribution in [0, 0.1) is 11.8 Å². The number of cyclic esters (lactones) is 1. The largest absolute Gasteiger partial charge is 0.459 e. The number of hydrogen-bond acceptors (Lipinski definition) is 2. The molecule has 0 radical (unpaired) electrons. The average Bonchev–Trinajstić information content (AvgIpc) is 1.81. The van der Waals surface area contributed by atoms with Gasteiger partial charge in [-0.15, -0.1) is 0 Å². The summed E-state index contributed by atoms with van der Waals surface area (Å²) in [5, 5.41) is 0. The van der Waals surface area contributed by atoms with E-state index >= 15 is 0 Å². The van der Waals surface area contributed by atoms with E-state index in [2.05, 4.69) is 6.92 Å². The Hall–Kier alpha value is -0.530. The smallest absolute Gasteiger partial charge is 0.309 e. The molecular formula is C9H16O2. The van der Waals surface area contributed by atoms with Gasteiger partial charge in [0.15, 0.2) is 0 Å². The first kappa shape index (κ1) is 8.57. The zero-order chi connectivity index (χ0) is 8.65. The lowest BCUT2D eigenvalue weighted by molar-refractivity contribution is -0.173. The number of rotatable bonds is 0. The first-order chi connectivity index (χ1) is 4.92. The minimum atomic E-state index is -0.247. The summed E-state index contributed by atoms with van der Waals surface area (Å²) in [6.07, 6.45) is 0.972. The quantitative estimate of drug-likeness (QED) is 0.501. The molecule has 1 rings (SSSR count). The van der Waals surface area contributed by atoms with Crippen LogP contribution in [-0.4, -0.2) is 11.6 Å². The Balaban J connectivity index is 2.70. The van der Waals surface area contributed by atoms with E-state index in [0.29, 0.717) is 5.92 Å². The standard InChI is InChI=1S/C9H16O2/c1-6-5-9(3,4)11-8(10)7(6)2/h6-7H,5H2,1-4H3. The van der Waals surface area contributed by atoms with Crippen LogP contribution in [0.15, 0.2) is 0 Å². The molecule has 2 heteroatoms.